The summed E-state index contributed by atoms with van der Waals surface area (Å²) in [5, 5.41) is 6.99. The van der Waals surface area contributed by atoms with Crippen LogP contribution in [0, 0.1) is 10.7 Å². The van der Waals surface area contributed by atoms with Crippen LogP contribution in [0.3, 0.4) is 0 Å². The number of aromatic nitrogens is 2. The second-order valence-electron chi connectivity index (χ2n) is 7.06. The normalized spacial score (nSPS) is 16.8. The van der Waals surface area contributed by atoms with Crippen molar-refractivity contribution in [2.75, 3.05) is 11.9 Å². The van der Waals surface area contributed by atoms with Crippen LogP contribution in [0.25, 0.3) is 10.9 Å². The maximum absolute atomic E-state index is 12.7. The van der Waals surface area contributed by atoms with E-state index in [1.54, 1.807) is 0 Å². The summed E-state index contributed by atoms with van der Waals surface area (Å²) in [4.78, 5) is 29.5. The molecule has 27 heavy (non-hydrogen) atoms. The van der Waals surface area contributed by atoms with Gasteiger partial charge in [0, 0.05) is 11.9 Å². The Morgan fingerprint density at radius 2 is 2.15 bits per heavy atom. The van der Waals surface area contributed by atoms with E-state index >= 15 is 0 Å². The number of benzene rings is 1. The molecule has 2 aromatic rings. The summed E-state index contributed by atoms with van der Waals surface area (Å²) >= 11 is 5.28. The highest BCUT2D eigenvalue weighted by atomic mass is 32.1. The molecule has 2 heterocycles. The lowest BCUT2D eigenvalue weighted by atomic mass is 9.99. The summed E-state index contributed by atoms with van der Waals surface area (Å²) in [7, 11) is 0. The average molecular weight is 387 g/mol. The number of amides is 1. The number of nitrogens with one attached hydrogen (secondary N) is 2. The number of anilines is 1. The molecule has 6 nitrogen and oxygen atoms in total. The van der Waals surface area contributed by atoms with Crippen molar-refractivity contribution < 1.29 is 9.59 Å². The monoisotopic (exact) mass is 386 g/mol. The van der Waals surface area contributed by atoms with Crippen molar-refractivity contribution in [1.29, 1.82) is 0 Å². The van der Waals surface area contributed by atoms with Gasteiger partial charge >= 0.3 is 0 Å². The molecule has 0 saturated carbocycles. The first kappa shape index (κ1) is 19.5. The van der Waals surface area contributed by atoms with Gasteiger partial charge in [-0.05, 0) is 36.7 Å². The van der Waals surface area contributed by atoms with Crippen molar-refractivity contribution in [1.82, 2.24) is 14.9 Å². The summed E-state index contributed by atoms with van der Waals surface area (Å²) in [5.41, 5.74) is 0.737. The molecule has 0 aliphatic carbocycles. The number of carbonyl (C=O) groups excluding carboxylic acids is 2. The van der Waals surface area contributed by atoms with E-state index in [1.165, 1.54) is 11.0 Å². The number of hydrogen-bond acceptors (Lipinski definition) is 5. The Hall–Kier alpha value is -2.28. The quantitative estimate of drug-likeness (QED) is 0.673. The highest BCUT2D eigenvalue weighted by Crippen LogP contribution is 2.28. The highest BCUT2D eigenvalue weighted by Gasteiger charge is 2.33. The number of fused-ring (bicyclic) bond motifs is 3. The van der Waals surface area contributed by atoms with Gasteiger partial charge in [-0.1, -0.05) is 45.2 Å². The Morgan fingerprint density at radius 3 is 2.89 bits per heavy atom. The van der Waals surface area contributed by atoms with E-state index in [-0.39, 0.29) is 23.0 Å². The third-order valence-electron chi connectivity index (χ3n) is 5.14. The minimum atomic E-state index is -0.616. The topological polar surface area (TPSA) is 76.0 Å². The second-order valence-corrected chi connectivity index (χ2v) is 7.42. The van der Waals surface area contributed by atoms with Gasteiger partial charge in [0.05, 0.1) is 11.9 Å². The summed E-state index contributed by atoms with van der Waals surface area (Å²) in [6, 6.07) is 6.91. The van der Waals surface area contributed by atoms with Gasteiger partial charge < -0.3 is 10.6 Å². The summed E-state index contributed by atoms with van der Waals surface area (Å²) in [6.07, 6.45) is 4.58. The van der Waals surface area contributed by atoms with E-state index < -0.39 is 6.04 Å². The van der Waals surface area contributed by atoms with Crippen molar-refractivity contribution in [3.63, 3.8) is 0 Å². The van der Waals surface area contributed by atoms with Crippen LogP contribution < -0.4 is 10.6 Å². The predicted octanol–water partition coefficient (Wildman–Crippen LogP) is 3.92. The summed E-state index contributed by atoms with van der Waals surface area (Å²) in [6.45, 7) is 4.97. The Morgan fingerprint density at radius 1 is 1.37 bits per heavy atom. The molecule has 1 aliphatic rings. The zero-order valence-electron chi connectivity index (χ0n) is 15.8. The average Bonchev–Trinajstić information content (AvgIpc) is 2.99. The van der Waals surface area contributed by atoms with Gasteiger partial charge in [0.15, 0.2) is 0 Å². The van der Waals surface area contributed by atoms with Gasteiger partial charge in [-0.2, -0.15) is 0 Å². The first-order valence-corrected chi connectivity index (χ1v) is 10.0. The maximum atomic E-state index is 12.7. The van der Waals surface area contributed by atoms with Crippen LogP contribution in [0.2, 0.25) is 0 Å². The van der Waals surface area contributed by atoms with Crippen LogP contribution in [0.1, 0.15) is 50.7 Å². The first-order valence-electron chi connectivity index (χ1n) is 9.64. The number of para-hydroxylation sites is 1. The molecule has 0 radical (unpaired) electrons. The van der Waals surface area contributed by atoms with E-state index in [0.29, 0.717) is 18.3 Å². The van der Waals surface area contributed by atoms with Gasteiger partial charge in [0.2, 0.25) is 10.7 Å². The molecule has 1 aromatic heterocycles. The molecule has 7 heteroatoms. The lowest BCUT2D eigenvalue weighted by molar-refractivity contribution is -0.121. The van der Waals surface area contributed by atoms with E-state index in [1.807, 2.05) is 24.3 Å². The fourth-order valence-electron chi connectivity index (χ4n) is 3.47. The summed E-state index contributed by atoms with van der Waals surface area (Å²) in [5.74, 6) is 0.775. The van der Waals surface area contributed by atoms with Gasteiger partial charge in [0.1, 0.15) is 11.9 Å². The Kier molecular flexibility index (Phi) is 6.21. The van der Waals surface area contributed by atoms with Gasteiger partial charge in [0.25, 0.3) is 5.91 Å². The molecule has 1 amide bonds. The van der Waals surface area contributed by atoms with Gasteiger partial charge in [-0.15, -0.1) is 0 Å². The third-order valence-corrected chi connectivity index (χ3v) is 5.41. The molecular weight excluding hydrogens is 360 g/mol. The van der Waals surface area contributed by atoms with Crippen molar-refractivity contribution in [3.05, 3.63) is 29.0 Å². The van der Waals surface area contributed by atoms with Gasteiger partial charge in [-0.3, -0.25) is 9.59 Å². The molecule has 144 valence electrons. The molecule has 0 spiro atoms. The van der Waals surface area contributed by atoms with Crippen molar-refractivity contribution in [2.24, 2.45) is 5.92 Å². The van der Waals surface area contributed by atoms with Crippen LogP contribution in [0.15, 0.2) is 24.3 Å². The smallest absolute Gasteiger partial charge is 0.257 e. The maximum Gasteiger partial charge on any atom is 0.257 e. The van der Waals surface area contributed by atoms with E-state index in [2.05, 4.69) is 29.5 Å². The Balaban J connectivity index is 1.68. The number of nitrogens with zero attached hydrogens (tertiary/aromatic N) is 2. The van der Waals surface area contributed by atoms with Gasteiger partial charge in [-0.25, -0.2) is 9.55 Å². The third kappa shape index (κ3) is 4.18. The minimum absolute atomic E-state index is 0.0911. The molecule has 0 fully saturated rings. The van der Waals surface area contributed by atoms with Crippen molar-refractivity contribution in [2.45, 2.75) is 52.0 Å². The van der Waals surface area contributed by atoms with Crippen molar-refractivity contribution in [3.8, 4) is 0 Å². The zero-order valence-corrected chi connectivity index (χ0v) is 16.6. The number of unbranched alkanes of at least 4 members (excludes halogenated alkanes) is 1. The Bertz CT molecular complexity index is 908. The SMILES string of the molecule is CCCCC(CC)CNC(=O)CC1Nc2c3ccccc3nc(=S)n2C1=O. The molecule has 2 N–H and O–H groups in total. The minimum Gasteiger partial charge on any atom is -0.358 e. The molecule has 0 bridgehead atoms. The standard InChI is InChI=1S/C20H26N4O2S/c1-3-5-8-13(4-2)12-21-17(25)11-16-19(26)24-18(22-16)14-9-6-7-10-15(14)23-20(24)27/h6-7,9-10,13,16,22H,3-5,8,11-12H2,1-2H3,(H,21,25). The zero-order chi connectivity index (χ0) is 19.4. The summed E-state index contributed by atoms with van der Waals surface area (Å²) < 4.78 is 1.63. The fraction of sp³-hybridized carbons (Fsp3) is 0.500. The predicted molar refractivity (Wildman–Crippen MR) is 110 cm³/mol. The molecule has 2 atom stereocenters. The fourth-order valence-corrected chi connectivity index (χ4v) is 3.75. The van der Waals surface area contributed by atoms with E-state index in [4.69, 9.17) is 12.2 Å². The molecular formula is C20H26N4O2S. The lowest BCUT2D eigenvalue weighted by Gasteiger charge is -2.16. The van der Waals surface area contributed by atoms with Crippen molar-refractivity contribution >= 4 is 40.8 Å². The molecule has 3 rings (SSSR count). The van der Waals surface area contributed by atoms with Crippen LogP contribution >= 0.6 is 12.2 Å². The molecule has 0 saturated heterocycles. The second kappa shape index (κ2) is 8.61. The van der Waals surface area contributed by atoms with E-state index in [9.17, 15) is 9.59 Å². The van der Waals surface area contributed by atoms with Crippen LogP contribution in [-0.4, -0.2) is 34.0 Å². The Labute approximate surface area is 164 Å². The number of hydrogen-bond donors (Lipinski definition) is 2. The molecule has 1 aromatic carbocycles. The lowest BCUT2D eigenvalue weighted by Crippen LogP contribution is -2.35. The van der Waals surface area contributed by atoms with Crippen LogP contribution in [0.4, 0.5) is 5.82 Å². The molecule has 1 aliphatic heterocycles. The largest absolute Gasteiger partial charge is 0.358 e. The highest BCUT2D eigenvalue weighted by molar-refractivity contribution is 7.71. The van der Waals surface area contributed by atoms with Crippen LogP contribution in [0.5, 0.6) is 0 Å². The number of rotatable bonds is 8. The van der Waals surface area contributed by atoms with Crippen LogP contribution in [-0.2, 0) is 4.79 Å². The van der Waals surface area contributed by atoms with E-state index in [0.717, 1.165) is 30.2 Å². The first-order chi connectivity index (χ1) is 13.0. The molecule has 2 unspecified atom stereocenters. The number of carbonyl (C=O) groups is 2.